The van der Waals surface area contributed by atoms with Gasteiger partial charge in [0.2, 0.25) is 0 Å². The fraction of sp³-hybridized carbons (Fsp3) is 0.429. The lowest BCUT2D eigenvalue weighted by atomic mass is 10.2. The molecule has 3 N–H and O–H groups in total. The van der Waals surface area contributed by atoms with E-state index in [0.717, 1.165) is 18.7 Å². The number of nitrogens with one attached hydrogen (secondary N) is 1. The van der Waals surface area contributed by atoms with Crippen molar-refractivity contribution in [3.63, 3.8) is 0 Å². The highest BCUT2D eigenvalue weighted by Gasteiger charge is 2.07. The Bertz CT molecular complexity index is 163. The zero-order valence-electron chi connectivity index (χ0n) is 5.89. The molecule has 10 heavy (non-hydrogen) atoms. The molecule has 0 saturated heterocycles. The van der Waals surface area contributed by atoms with Gasteiger partial charge in [-0.2, -0.15) is 0 Å². The highest BCUT2D eigenvalue weighted by atomic mass is 32.2. The number of rotatable bonds is 2. The second kappa shape index (κ2) is 3.68. The first kappa shape index (κ1) is 7.69. The van der Waals surface area contributed by atoms with Crippen molar-refractivity contribution in [1.29, 1.82) is 0 Å². The van der Waals surface area contributed by atoms with E-state index in [-0.39, 0.29) is 0 Å². The molecule has 0 aromatic rings. The Labute approximate surface area is 65.7 Å². The number of nitrogens with two attached hydrogens (primary N) is 1. The smallest absolute Gasteiger partial charge is 0.0443 e. The summed E-state index contributed by atoms with van der Waals surface area (Å²) in [7, 11) is 0. The van der Waals surface area contributed by atoms with Crippen LogP contribution in [0.15, 0.2) is 23.3 Å². The maximum atomic E-state index is 5.44. The molecular weight excluding hydrogens is 144 g/mol. The monoisotopic (exact) mass is 156 g/mol. The molecule has 1 aliphatic heterocycles. The largest absolute Gasteiger partial charge is 0.384 e. The Morgan fingerprint density at radius 1 is 1.70 bits per heavy atom. The van der Waals surface area contributed by atoms with E-state index < -0.39 is 0 Å². The van der Waals surface area contributed by atoms with Crippen molar-refractivity contribution in [2.45, 2.75) is 12.8 Å². The SMILES string of the molecule is C=CC1=C(SN)CCCN1. The molecule has 56 valence electrons. The molecule has 0 radical (unpaired) electrons. The van der Waals surface area contributed by atoms with E-state index in [1.54, 1.807) is 0 Å². The molecule has 0 spiro atoms. The van der Waals surface area contributed by atoms with Crippen molar-refractivity contribution in [1.82, 2.24) is 5.32 Å². The minimum absolute atomic E-state index is 1.05. The summed E-state index contributed by atoms with van der Waals surface area (Å²) in [5.41, 5.74) is 1.11. The van der Waals surface area contributed by atoms with E-state index in [2.05, 4.69) is 11.9 Å². The van der Waals surface area contributed by atoms with E-state index in [1.165, 1.54) is 23.3 Å². The average Bonchev–Trinajstić information content (AvgIpc) is 2.04. The number of hydrogen-bond acceptors (Lipinski definition) is 3. The minimum atomic E-state index is 1.05. The molecule has 0 aromatic heterocycles. The van der Waals surface area contributed by atoms with Gasteiger partial charge in [-0.3, -0.25) is 5.14 Å². The summed E-state index contributed by atoms with van der Waals surface area (Å²) >= 11 is 1.32. The predicted octanol–water partition coefficient (Wildman–Crippen LogP) is 1.37. The summed E-state index contributed by atoms with van der Waals surface area (Å²) in [6, 6.07) is 0. The van der Waals surface area contributed by atoms with Gasteiger partial charge in [-0.25, -0.2) is 0 Å². The van der Waals surface area contributed by atoms with E-state index in [0.29, 0.717) is 0 Å². The third-order valence-electron chi connectivity index (χ3n) is 1.54. The van der Waals surface area contributed by atoms with Gasteiger partial charge in [0, 0.05) is 17.1 Å². The van der Waals surface area contributed by atoms with E-state index in [9.17, 15) is 0 Å². The molecule has 0 aliphatic carbocycles. The normalized spacial score (nSPS) is 18.5. The van der Waals surface area contributed by atoms with E-state index in [4.69, 9.17) is 5.14 Å². The van der Waals surface area contributed by atoms with Gasteiger partial charge < -0.3 is 5.32 Å². The molecule has 0 amide bonds. The predicted molar refractivity (Wildman–Crippen MR) is 46.2 cm³/mol. The molecule has 0 fully saturated rings. The van der Waals surface area contributed by atoms with Crippen LogP contribution in [0.2, 0.25) is 0 Å². The third-order valence-corrected chi connectivity index (χ3v) is 2.25. The Balaban J connectivity index is 2.72. The van der Waals surface area contributed by atoms with Gasteiger partial charge in [-0.15, -0.1) is 0 Å². The lowest BCUT2D eigenvalue weighted by Crippen LogP contribution is -2.19. The fourth-order valence-electron chi connectivity index (χ4n) is 1.01. The Kier molecular flexibility index (Phi) is 2.83. The van der Waals surface area contributed by atoms with Crippen molar-refractivity contribution in [3.8, 4) is 0 Å². The molecule has 1 rings (SSSR count). The second-order valence-corrected chi connectivity index (χ2v) is 2.92. The summed E-state index contributed by atoms with van der Waals surface area (Å²) in [4.78, 5) is 1.22. The summed E-state index contributed by atoms with van der Waals surface area (Å²) in [6.07, 6.45) is 4.10. The molecule has 0 unspecified atom stereocenters. The van der Waals surface area contributed by atoms with Crippen LogP contribution in [0.5, 0.6) is 0 Å². The number of hydrogen-bond donors (Lipinski definition) is 2. The first-order valence-corrected chi connectivity index (χ1v) is 4.22. The summed E-state index contributed by atoms with van der Waals surface area (Å²) in [5, 5.41) is 8.67. The van der Waals surface area contributed by atoms with Crippen LogP contribution in [-0.2, 0) is 0 Å². The lowest BCUT2D eigenvalue weighted by molar-refractivity contribution is 0.697. The highest BCUT2D eigenvalue weighted by molar-refractivity contribution is 8.00. The fourth-order valence-corrected chi connectivity index (χ4v) is 1.56. The topological polar surface area (TPSA) is 38.0 Å². The Morgan fingerprint density at radius 2 is 2.50 bits per heavy atom. The minimum Gasteiger partial charge on any atom is -0.384 e. The maximum Gasteiger partial charge on any atom is 0.0443 e. The third kappa shape index (κ3) is 1.55. The first-order chi connectivity index (χ1) is 4.88. The van der Waals surface area contributed by atoms with Crippen LogP contribution in [0.3, 0.4) is 0 Å². The van der Waals surface area contributed by atoms with Crippen LogP contribution >= 0.6 is 11.9 Å². The summed E-state index contributed by atoms with van der Waals surface area (Å²) in [5.74, 6) is 0. The summed E-state index contributed by atoms with van der Waals surface area (Å²) < 4.78 is 0. The molecule has 0 aromatic carbocycles. The zero-order chi connectivity index (χ0) is 7.40. The molecule has 0 bridgehead atoms. The van der Waals surface area contributed by atoms with Crippen molar-refractivity contribution in [2.75, 3.05) is 6.54 Å². The summed E-state index contributed by atoms with van der Waals surface area (Å²) in [6.45, 7) is 4.74. The van der Waals surface area contributed by atoms with E-state index in [1.807, 2.05) is 6.08 Å². The number of allylic oxidation sites excluding steroid dienone is 2. The van der Waals surface area contributed by atoms with Crippen molar-refractivity contribution in [3.05, 3.63) is 23.3 Å². The van der Waals surface area contributed by atoms with Gasteiger partial charge in [0.1, 0.15) is 0 Å². The molecule has 0 saturated carbocycles. The van der Waals surface area contributed by atoms with Gasteiger partial charge in [0.25, 0.3) is 0 Å². The quantitative estimate of drug-likeness (QED) is 0.593. The molecule has 1 aliphatic rings. The zero-order valence-corrected chi connectivity index (χ0v) is 6.71. The molecular formula is C7H12N2S. The van der Waals surface area contributed by atoms with Gasteiger partial charge in [0.05, 0.1) is 0 Å². The van der Waals surface area contributed by atoms with Crippen molar-refractivity contribution in [2.24, 2.45) is 5.14 Å². The average molecular weight is 156 g/mol. The van der Waals surface area contributed by atoms with E-state index >= 15 is 0 Å². The van der Waals surface area contributed by atoms with Crippen LogP contribution in [0.1, 0.15) is 12.8 Å². The second-order valence-electron chi connectivity index (χ2n) is 2.19. The maximum absolute atomic E-state index is 5.44. The van der Waals surface area contributed by atoms with Gasteiger partial charge in [-0.05, 0) is 18.9 Å². The molecule has 0 atom stereocenters. The van der Waals surface area contributed by atoms with Crippen molar-refractivity contribution >= 4 is 11.9 Å². The van der Waals surface area contributed by atoms with Crippen LogP contribution in [0.4, 0.5) is 0 Å². The van der Waals surface area contributed by atoms with Crippen LogP contribution in [-0.4, -0.2) is 6.54 Å². The van der Waals surface area contributed by atoms with Crippen molar-refractivity contribution < 1.29 is 0 Å². The molecule has 3 heteroatoms. The Morgan fingerprint density at radius 3 is 3.00 bits per heavy atom. The highest BCUT2D eigenvalue weighted by Crippen LogP contribution is 2.22. The van der Waals surface area contributed by atoms with Crippen LogP contribution < -0.4 is 10.5 Å². The standard InChI is InChI=1S/C7H12N2S/c1-2-6-7(10-8)4-3-5-9-6/h2,9H,1,3-5,8H2. The van der Waals surface area contributed by atoms with Gasteiger partial charge in [0.15, 0.2) is 0 Å². The van der Waals surface area contributed by atoms with Gasteiger partial charge >= 0.3 is 0 Å². The van der Waals surface area contributed by atoms with Crippen LogP contribution in [0.25, 0.3) is 0 Å². The molecule has 1 heterocycles. The Hall–Kier alpha value is -0.410. The lowest BCUT2D eigenvalue weighted by Gasteiger charge is -2.17. The first-order valence-electron chi connectivity index (χ1n) is 3.34. The molecule has 2 nitrogen and oxygen atoms in total. The van der Waals surface area contributed by atoms with Gasteiger partial charge in [-0.1, -0.05) is 18.5 Å². The van der Waals surface area contributed by atoms with Crippen LogP contribution in [0, 0.1) is 0 Å².